The van der Waals surface area contributed by atoms with Gasteiger partial charge in [0.1, 0.15) is 0 Å². The Balaban J connectivity index is 2.64. The molecule has 0 heterocycles. The van der Waals surface area contributed by atoms with Crippen LogP contribution in [0.3, 0.4) is 0 Å². The summed E-state index contributed by atoms with van der Waals surface area (Å²) in [4.78, 5) is 11.7. The zero-order chi connectivity index (χ0) is 13.7. The molecule has 0 aliphatic carbocycles. The smallest absolute Gasteiger partial charge is 0.223 e. The van der Waals surface area contributed by atoms with Crippen LogP contribution in [-0.4, -0.2) is 17.1 Å². The second-order valence-electron chi connectivity index (χ2n) is 4.60. The number of aliphatic hydroxyl groups is 1. The zero-order valence-electron chi connectivity index (χ0n) is 11.0. The number of halogens is 1. The summed E-state index contributed by atoms with van der Waals surface area (Å²) in [7, 11) is 0. The third-order valence-electron chi connectivity index (χ3n) is 3.12. The molecule has 0 aliphatic rings. The number of nitrogens with one attached hydrogen (secondary N) is 1. The standard InChI is InChI=1S/C14H20ClNO2/c1-4-9(2)14(18)16-10(3)13(17)11-5-7-12(15)8-6-11/h5-10,13,17H,4H2,1-3H3,(H,16,18). The van der Waals surface area contributed by atoms with Crippen LogP contribution in [0.15, 0.2) is 24.3 Å². The minimum absolute atomic E-state index is 0.0296. The molecule has 3 nitrogen and oxygen atoms in total. The first-order valence-corrected chi connectivity index (χ1v) is 6.57. The van der Waals surface area contributed by atoms with Crippen molar-refractivity contribution in [2.75, 3.05) is 0 Å². The topological polar surface area (TPSA) is 49.3 Å². The molecule has 4 heteroatoms. The average Bonchev–Trinajstić information content (AvgIpc) is 2.37. The van der Waals surface area contributed by atoms with E-state index in [0.29, 0.717) is 5.02 Å². The van der Waals surface area contributed by atoms with Crippen molar-refractivity contribution in [3.63, 3.8) is 0 Å². The summed E-state index contributed by atoms with van der Waals surface area (Å²) in [5.74, 6) is -0.0668. The van der Waals surface area contributed by atoms with Gasteiger partial charge in [-0.2, -0.15) is 0 Å². The maximum Gasteiger partial charge on any atom is 0.223 e. The van der Waals surface area contributed by atoms with Gasteiger partial charge in [-0.15, -0.1) is 0 Å². The fraction of sp³-hybridized carbons (Fsp3) is 0.500. The first kappa shape index (κ1) is 15.0. The molecule has 0 bridgehead atoms. The van der Waals surface area contributed by atoms with Crippen LogP contribution >= 0.6 is 11.6 Å². The van der Waals surface area contributed by atoms with E-state index in [1.165, 1.54) is 0 Å². The van der Waals surface area contributed by atoms with Gasteiger partial charge in [0.2, 0.25) is 5.91 Å². The summed E-state index contributed by atoms with van der Waals surface area (Å²) >= 11 is 5.79. The maximum absolute atomic E-state index is 11.7. The number of aliphatic hydroxyl groups excluding tert-OH is 1. The van der Waals surface area contributed by atoms with Gasteiger partial charge in [-0.3, -0.25) is 4.79 Å². The van der Waals surface area contributed by atoms with E-state index in [1.54, 1.807) is 31.2 Å². The Labute approximate surface area is 113 Å². The van der Waals surface area contributed by atoms with Gasteiger partial charge in [0.15, 0.2) is 0 Å². The highest BCUT2D eigenvalue weighted by Gasteiger charge is 2.20. The normalized spacial score (nSPS) is 15.8. The molecule has 100 valence electrons. The van der Waals surface area contributed by atoms with E-state index in [-0.39, 0.29) is 17.9 Å². The van der Waals surface area contributed by atoms with Crippen molar-refractivity contribution in [3.05, 3.63) is 34.9 Å². The summed E-state index contributed by atoms with van der Waals surface area (Å²) in [5.41, 5.74) is 0.747. The number of benzene rings is 1. The molecule has 0 saturated carbocycles. The molecule has 0 radical (unpaired) electrons. The number of hydrogen-bond donors (Lipinski definition) is 2. The van der Waals surface area contributed by atoms with Gasteiger partial charge in [-0.05, 0) is 31.0 Å². The van der Waals surface area contributed by atoms with Crippen LogP contribution in [-0.2, 0) is 4.79 Å². The monoisotopic (exact) mass is 269 g/mol. The van der Waals surface area contributed by atoms with Gasteiger partial charge < -0.3 is 10.4 Å². The predicted molar refractivity (Wildman–Crippen MR) is 73.5 cm³/mol. The van der Waals surface area contributed by atoms with Crippen molar-refractivity contribution in [1.29, 1.82) is 0 Å². The summed E-state index contributed by atoms with van der Waals surface area (Å²) < 4.78 is 0. The van der Waals surface area contributed by atoms with E-state index < -0.39 is 6.10 Å². The lowest BCUT2D eigenvalue weighted by Gasteiger charge is -2.22. The van der Waals surface area contributed by atoms with E-state index in [2.05, 4.69) is 5.32 Å². The highest BCUT2D eigenvalue weighted by Crippen LogP contribution is 2.19. The Hall–Kier alpha value is -1.06. The molecule has 0 fully saturated rings. The molecule has 0 spiro atoms. The lowest BCUT2D eigenvalue weighted by molar-refractivity contribution is -0.126. The molecule has 18 heavy (non-hydrogen) atoms. The SMILES string of the molecule is CCC(C)C(=O)NC(C)C(O)c1ccc(Cl)cc1. The van der Waals surface area contributed by atoms with Crippen LogP contribution in [0.2, 0.25) is 5.02 Å². The molecule has 1 aromatic carbocycles. The molecule has 1 amide bonds. The van der Waals surface area contributed by atoms with Crippen molar-refractivity contribution in [2.24, 2.45) is 5.92 Å². The Morgan fingerprint density at radius 2 is 1.89 bits per heavy atom. The third kappa shape index (κ3) is 4.00. The fourth-order valence-electron chi connectivity index (χ4n) is 1.58. The van der Waals surface area contributed by atoms with Gasteiger partial charge in [0, 0.05) is 10.9 Å². The number of hydrogen-bond acceptors (Lipinski definition) is 2. The van der Waals surface area contributed by atoms with Crippen molar-refractivity contribution in [3.8, 4) is 0 Å². The number of amides is 1. The van der Waals surface area contributed by atoms with Crippen LogP contribution in [0.1, 0.15) is 38.9 Å². The average molecular weight is 270 g/mol. The molecule has 2 N–H and O–H groups in total. The van der Waals surface area contributed by atoms with Crippen LogP contribution in [0.5, 0.6) is 0 Å². The Bertz CT molecular complexity index is 391. The van der Waals surface area contributed by atoms with Crippen molar-refractivity contribution < 1.29 is 9.90 Å². The molecular weight excluding hydrogens is 250 g/mol. The third-order valence-corrected chi connectivity index (χ3v) is 3.37. The zero-order valence-corrected chi connectivity index (χ0v) is 11.7. The molecular formula is C14H20ClNO2. The molecule has 1 rings (SSSR count). The number of rotatable bonds is 5. The van der Waals surface area contributed by atoms with E-state index in [0.717, 1.165) is 12.0 Å². The van der Waals surface area contributed by atoms with E-state index in [1.807, 2.05) is 13.8 Å². The predicted octanol–water partition coefficient (Wildman–Crippen LogP) is 2.92. The first-order chi connectivity index (χ1) is 8.45. The van der Waals surface area contributed by atoms with E-state index >= 15 is 0 Å². The largest absolute Gasteiger partial charge is 0.386 e. The summed E-state index contributed by atoms with van der Waals surface area (Å²) in [6.07, 6.45) is 0.0607. The number of carbonyl (C=O) groups is 1. The lowest BCUT2D eigenvalue weighted by Crippen LogP contribution is -2.39. The Morgan fingerprint density at radius 3 is 2.39 bits per heavy atom. The van der Waals surface area contributed by atoms with Crippen LogP contribution in [0, 0.1) is 5.92 Å². The van der Waals surface area contributed by atoms with E-state index in [9.17, 15) is 9.90 Å². The summed E-state index contributed by atoms with van der Waals surface area (Å²) in [6, 6.07) is 6.65. The van der Waals surface area contributed by atoms with Crippen molar-refractivity contribution in [2.45, 2.75) is 39.3 Å². The van der Waals surface area contributed by atoms with E-state index in [4.69, 9.17) is 11.6 Å². The molecule has 0 aliphatic heterocycles. The van der Waals surface area contributed by atoms with Gasteiger partial charge in [-0.25, -0.2) is 0 Å². The summed E-state index contributed by atoms with van der Waals surface area (Å²) in [5, 5.41) is 13.6. The highest BCUT2D eigenvalue weighted by molar-refractivity contribution is 6.30. The molecule has 1 aromatic rings. The molecule has 0 saturated heterocycles. The molecule has 3 unspecified atom stereocenters. The van der Waals surface area contributed by atoms with Crippen LogP contribution < -0.4 is 5.32 Å². The minimum atomic E-state index is -0.727. The number of carbonyl (C=O) groups excluding carboxylic acids is 1. The van der Waals surface area contributed by atoms with Gasteiger partial charge in [0.05, 0.1) is 12.1 Å². The van der Waals surface area contributed by atoms with Gasteiger partial charge in [-0.1, -0.05) is 37.6 Å². The van der Waals surface area contributed by atoms with Crippen LogP contribution in [0.4, 0.5) is 0 Å². The van der Waals surface area contributed by atoms with Crippen LogP contribution in [0.25, 0.3) is 0 Å². The van der Waals surface area contributed by atoms with Crippen molar-refractivity contribution >= 4 is 17.5 Å². The minimum Gasteiger partial charge on any atom is -0.386 e. The van der Waals surface area contributed by atoms with Gasteiger partial charge in [0.25, 0.3) is 0 Å². The van der Waals surface area contributed by atoms with Gasteiger partial charge >= 0.3 is 0 Å². The van der Waals surface area contributed by atoms with Crippen molar-refractivity contribution in [1.82, 2.24) is 5.32 Å². The summed E-state index contributed by atoms with van der Waals surface area (Å²) in [6.45, 7) is 5.63. The fourth-order valence-corrected chi connectivity index (χ4v) is 1.71. The maximum atomic E-state index is 11.7. The Kier molecular flexibility index (Phi) is 5.63. The first-order valence-electron chi connectivity index (χ1n) is 6.19. The lowest BCUT2D eigenvalue weighted by atomic mass is 10.0. The molecule has 0 aromatic heterocycles. The highest BCUT2D eigenvalue weighted by atomic mass is 35.5. The second-order valence-corrected chi connectivity index (χ2v) is 5.04. The molecule has 3 atom stereocenters. The quantitative estimate of drug-likeness (QED) is 0.863. The Morgan fingerprint density at radius 1 is 1.33 bits per heavy atom. The second kappa shape index (κ2) is 6.76.